The lowest BCUT2D eigenvalue weighted by Gasteiger charge is -2.12. The van der Waals surface area contributed by atoms with Crippen molar-refractivity contribution in [3.8, 4) is 0 Å². The van der Waals surface area contributed by atoms with Crippen LogP contribution in [0.2, 0.25) is 0 Å². The molecule has 1 heterocycles. The van der Waals surface area contributed by atoms with E-state index in [1.54, 1.807) is 55.5 Å². The third-order valence-corrected chi connectivity index (χ3v) is 3.84. The van der Waals surface area contributed by atoms with Gasteiger partial charge in [0.05, 0.1) is 23.9 Å². The molecule has 0 bridgehead atoms. The molecule has 2 aromatic carbocycles. The van der Waals surface area contributed by atoms with Gasteiger partial charge in [0.25, 0.3) is 0 Å². The quantitative estimate of drug-likeness (QED) is 0.556. The first-order valence-electron chi connectivity index (χ1n) is 8.36. The second kappa shape index (κ2) is 8.17. The molecule has 0 fully saturated rings. The van der Waals surface area contributed by atoms with E-state index < -0.39 is 11.9 Å². The first-order valence-corrected chi connectivity index (χ1v) is 8.36. The van der Waals surface area contributed by atoms with E-state index in [0.29, 0.717) is 28.7 Å². The van der Waals surface area contributed by atoms with Crippen LogP contribution in [0.5, 0.6) is 0 Å². The highest BCUT2D eigenvalue weighted by atomic mass is 16.5. The van der Waals surface area contributed by atoms with Crippen molar-refractivity contribution in [3.05, 3.63) is 71.5 Å². The molecule has 3 aromatic rings. The van der Waals surface area contributed by atoms with Gasteiger partial charge in [0.15, 0.2) is 0 Å². The number of aromatic nitrogens is 2. The van der Waals surface area contributed by atoms with Crippen molar-refractivity contribution < 1.29 is 19.4 Å². The van der Waals surface area contributed by atoms with Gasteiger partial charge < -0.3 is 20.5 Å². The Hall–Kier alpha value is -3.94. The fourth-order valence-electron chi connectivity index (χ4n) is 2.57. The van der Waals surface area contributed by atoms with Gasteiger partial charge in [-0.3, -0.25) is 0 Å². The molecule has 28 heavy (non-hydrogen) atoms. The van der Waals surface area contributed by atoms with E-state index in [-0.39, 0.29) is 5.56 Å². The Balaban J connectivity index is 1.82. The number of aryl methyl sites for hydroxylation is 1. The van der Waals surface area contributed by atoms with Crippen LogP contribution in [0.15, 0.2) is 54.6 Å². The van der Waals surface area contributed by atoms with Crippen molar-refractivity contribution >= 4 is 34.9 Å². The summed E-state index contributed by atoms with van der Waals surface area (Å²) in [5, 5.41) is 15.5. The van der Waals surface area contributed by atoms with Crippen molar-refractivity contribution in [1.29, 1.82) is 0 Å². The lowest BCUT2D eigenvalue weighted by molar-refractivity contribution is 0.0600. The van der Waals surface area contributed by atoms with E-state index >= 15 is 0 Å². The molecule has 0 saturated carbocycles. The topological polar surface area (TPSA) is 113 Å². The summed E-state index contributed by atoms with van der Waals surface area (Å²) >= 11 is 0. The molecule has 0 aliphatic heterocycles. The first kappa shape index (κ1) is 18.8. The molecule has 0 amide bonds. The Morgan fingerprint density at radius 1 is 0.964 bits per heavy atom. The minimum Gasteiger partial charge on any atom is -0.478 e. The fourth-order valence-corrected chi connectivity index (χ4v) is 2.57. The molecule has 0 saturated heterocycles. The molecule has 8 heteroatoms. The van der Waals surface area contributed by atoms with Crippen molar-refractivity contribution in [2.24, 2.45) is 0 Å². The summed E-state index contributed by atoms with van der Waals surface area (Å²) in [5.41, 5.74) is 1.75. The summed E-state index contributed by atoms with van der Waals surface area (Å²) in [5.74, 6) is 0.0425. The van der Waals surface area contributed by atoms with E-state index in [0.717, 1.165) is 5.69 Å². The number of carboxylic acids is 1. The number of anilines is 4. The highest BCUT2D eigenvalue weighted by Crippen LogP contribution is 2.23. The van der Waals surface area contributed by atoms with Gasteiger partial charge >= 0.3 is 11.9 Å². The van der Waals surface area contributed by atoms with Crippen LogP contribution in [-0.4, -0.2) is 34.1 Å². The number of nitrogens with one attached hydrogen (secondary N) is 2. The minimum atomic E-state index is -1.03. The summed E-state index contributed by atoms with van der Waals surface area (Å²) in [6.07, 6.45) is 0. The standard InChI is InChI=1S/C20H18N4O4/c1-12-21-17(23-14-9-7-13(8-10-14)20(27)28-2)11-18(22-12)24-16-6-4-3-5-15(16)19(25)26/h3-11H,1-2H3,(H,25,26)(H2,21,22,23,24). The summed E-state index contributed by atoms with van der Waals surface area (Å²) in [7, 11) is 1.33. The molecule has 0 aliphatic carbocycles. The highest BCUT2D eigenvalue weighted by Gasteiger charge is 2.11. The molecule has 1 aromatic heterocycles. The van der Waals surface area contributed by atoms with Crippen LogP contribution in [0.4, 0.5) is 23.0 Å². The van der Waals surface area contributed by atoms with Crippen LogP contribution in [0.1, 0.15) is 26.5 Å². The van der Waals surface area contributed by atoms with Crippen LogP contribution >= 0.6 is 0 Å². The summed E-state index contributed by atoms with van der Waals surface area (Å²) in [4.78, 5) is 31.5. The number of aromatic carboxylic acids is 1. The maximum Gasteiger partial charge on any atom is 0.337 e. The first-order chi connectivity index (χ1) is 13.5. The zero-order valence-corrected chi connectivity index (χ0v) is 15.3. The number of carbonyl (C=O) groups excluding carboxylic acids is 1. The zero-order chi connectivity index (χ0) is 20.1. The Kier molecular flexibility index (Phi) is 5.50. The van der Waals surface area contributed by atoms with Gasteiger partial charge in [0.2, 0.25) is 0 Å². The number of methoxy groups -OCH3 is 1. The highest BCUT2D eigenvalue weighted by molar-refractivity contribution is 5.95. The number of benzene rings is 2. The number of para-hydroxylation sites is 1. The van der Waals surface area contributed by atoms with Crippen LogP contribution in [0, 0.1) is 6.92 Å². The SMILES string of the molecule is COC(=O)c1ccc(Nc2cc(Nc3ccccc3C(=O)O)nc(C)n2)cc1. The number of carbonyl (C=O) groups is 2. The molecule has 8 nitrogen and oxygen atoms in total. The molecule has 0 aliphatic rings. The molecule has 142 valence electrons. The molecule has 3 N–H and O–H groups in total. The van der Waals surface area contributed by atoms with Crippen LogP contribution in [0.3, 0.4) is 0 Å². The predicted molar refractivity (Wildman–Crippen MR) is 105 cm³/mol. The van der Waals surface area contributed by atoms with Gasteiger partial charge in [-0.1, -0.05) is 12.1 Å². The second-order valence-corrected chi connectivity index (χ2v) is 5.86. The average molecular weight is 378 g/mol. The molecular weight excluding hydrogens is 360 g/mol. The summed E-state index contributed by atoms with van der Waals surface area (Å²) < 4.78 is 4.68. The molecule has 0 radical (unpaired) electrons. The lowest BCUT2D eigenvalue weighted by Crippen LogP contribution is -2.05. The predicted octanol–water partition coefficient (Wildman–Crippen LogP) is 3.76. The Labute approximate surface area is 161 Å². The zero-order valence-electron chi connectivity index (χ0n) is 15.3. The lowest BCUT2D eigenvalue weighted by atomic mass is 10.2. The molecule has 0 atom stereocenters. The van der Waals surface area contributed by atoms with Gasteiger partial charge in [-0.2, -0.15) is 0 Å². The number of hydrogen-bond acceptors (Lipinski definition) is 7. The van der Waals surface area contributed by atoms with Crippen LogP contribution in [-0.2, 0) is 4.74 Å². The Morgan fingerprint density at radius 3 is 2.25 bits per heavy atom. The van der Waals surface area contributed by atoms with Gasteiger partial charge in [0.1, 0.15) is 17.5 Å². The van der Waals surface area contributed by atoms with Crippen molar-refractivity contribution in [2.45, 2.75) is 6.92 Å². The third-order valence-electron chi connectivity index (χ3n) is 3.84. The number of ether oxygens (including phenoxy) is 1. The maximum atomic E-state index is 11.5. The fraction of sp³-hybridized carbons (Fsp3) is 0.100. The third kappa shape index (κ3) is 4.42. The van der Waals surface area contributed by atoms with Gasteiger partial charge in [-0.05, 0) is 43.3 Å². The largest absolute Gasteiger partial charge is 0.478 e. The monoisotopic (exact) mass is 378 g/mol. The summed E-state index contributed by atoms with van der Waals surface area (Å²) in [6, 6.07) is 15.0. The van der Waals surface area contributed by atoms with Gasteiger partial charge in [-0.25, -0.2) is 19.6 Å². The van der Waals surface area contributed by atoms with Gasteiger partial charge in [-0.15, -0.1) is 0 Å². The molecule has 3 rings (SSSR count). The summed E-state index contributed by atoms with van der Waals surface area (Å²) in [6.45, 7) is 1.74. The van der Waals surface area contributed by atoms with Crippen molar-refractivity contribution in [2.75, 3.05) is 17.7 Å². The van der Waals surface area contributed by atoms with Crippen LogP contribution in [0.25, 0.3) is 0 Å². The smallest absolute Gasteiger partial charge is 0.337 e. The average Bonchev–Trinajstić information content (AvgIpc) is 2.68. The van der Waals surface area contributed by atoms with E-state index in [2.05, 4.69) is 25.3 Å². The van der Waals surface area contributed by atoms with Crippen molar-refractivity contribution in [1.82, 2.24) is 9.97 Å². The van der Waals surface area contributed by atoms with E-state index in [1.165, 1.54) is 13.2 Å². The van der Waals surface area contributed by atoms with Crippen LogP contribution < -0.4 is 10.6 Å². The van der Waals surface area contributed by atoms with E-state index in [9.17, 15) is 14.7 Å². The van der Waals surface area contributed by atoms with Gasteiger partial charge in [0, 0.05) is 11.8 Å². The number of nitrogens with zero attached hydrogens (tertiary/aromatic N) is 2. The Morgan fingerprint density at radius 2 is 1.61 bits per heavy atom. The number of hydrogen-bond donors (Lipinski definition) is 3. The molecule has 0 spiro atoms. The number of carboxylic acid groups (broad SMARTS) is 1. The Bertz CT molecular complexity index is 1020. The maximum absolute atomic E-state index is 11.5. The number of esters is 1. The normalized spacial score (nSPS) is 10.2. The van der Waals surface area contributed by atoms with E-state index in [4.69, 9.17) is 0 Å². The minimum absolute atomic E-state index is 0.145. The molecule has 0 unspecified atom stereocenters. The number of rotatable bonds is 6. The second-order valence-electron chi connectivity index (χ2n) is 5.86. The molecular formula is C20H18N4O4. The van der Waals surface area contributed by atoms with E-state index in [1.807, 2.05) is 0 Å². The van der Waals surface area contributed by atoms with Crippen molar-refractivity contribution in [3.63, 3.8) is 0 Å².